The Hall–Kier alpha value is -1.89. The molecule has 0 aliphatic carbocycles. The number of hydrogen-bond donors (Lipinski definition) is 0. The van der Waals surface area contributed by atoms with Gasteiger partial charge in [0.15, 0.2) is 5.16 Å². The summed E-state index contributed by atoms with van der Waals surface area (Å²) in [4.78, 5) is 14.5. The Labute approximate surface area is 145 Å². The van der Waals surface area contributed by atoms with Crippen molar-refractivity contribution in [2.24, 2.45) is 0 Å². The molecule has 3 rings (SSSR count). The van der Waals surface area contributed by atoms with Crippen molar-refractivity contribution in [3.63, 3.8) is 0 Å². The van der Waals surface area contributed by atoms with Gasteiger partial charge in [-0.05, 0) is 44.4 Å². The normalized spacial score (nSPS) is 17.7. The minimum atomic E-state index is -0.258. The van der Waals surface area contributed by atoms with E-state index in [1.54, 1.807) is 12.4 Å². The van der Waals surface area contributed by atoms with E-state index < -0.39 is 0 Å². The molecule has 128 valence electrons. The third-order valence-corrected chi connectivity index (χ3v) is 5.17. The van der Waals surface area contributed by atoms with Crippen LogP contribution in [-0.2, 0) is 4.79 Å². The Morgan fingerprint density at radius 1 is 1.46 bits per heavy atom. The summed E-state index contributed by atoms with van der Waals surface area (Å²) in [7, 11) is 0. The van der Waals surface area contributed by atoms with Crippen LogP contribution in [0.4, 0.5) is 4.39 Å². The van der Waals surface area contributed by atoms with Gasteiger partial charge in [0.05, 0.1) is 11.8 Å². The minimum Gasteiger partial charge on any atom is -0.335 e. The van der Waals surface area contributed by atoms with Gasteiger partial charge in [0.25, 0.3) is 0 Å². The highest BCUT2D eigenvalue weighted by Crippen LogP contribution is 2.33. The molecule has 2 aromatic rings. The predicted molar refractivity (Wildman–Crippen MR) is 91.2 cm³/mol. The van der Waals surface area contributed by atoms with Gasteiger partial charge in [-0.1, -0.05) is 23.9 Å². The van der Waals surface area contributed by atoms with E-state index >= 15 is 0 Å². The van der Waals surface area contributed by atoms with Crippen molar-refractivity contribution >= 4 is 17.7 Å². The lowest BCUT2D eigenvalue weighted by atomic mass is 10.0. The lowest BCUT2D eigenvalue weighted by Crippen LogP contribution is -2.32. The summed E-state index contributed by atoms with van der Waals surface area (Å²) < 4.78 is 15.4. The molecular weight excluding hydrogens is 327 g/mol. The number of nitrogens with zero attached hydrogens (tertiary/aromatic N) is 4. The van der Waals surface area contributed by atoms with Crippen molar-refractivity contribution in [1.29, 1.82) is 0 Å². The molecule has 0 spiro atoms. The molecule has 1 fully saturated rings. The highest BCUT2D eigenvalue weighted by atomic mass is 32.2. The number of thioether (sulfide) groups is 1. The molecule has 1 aromatic carbocycles. The van der Waals surface area contributed by atoms with Crippen molar-refractivity contribution in [1.82, 2.24) is 19.7 Å². The number of benzene rings is 1. The van der Waals surface area contributed by atoms with Crippen molar-refractivity contribution < 1.29 is 9.18 Å². The van der Waals surface area contributed by atoms with Crippen LogP contribution in [0.25, 0.3) is 0 Å². The summed E-state index contributed by atoms with van der Waals surface area (Å²) in [6, 6.07) is 6.77. The first-order chi connectivity index (χ1) is 11.6. The molecule has 1 aromatic heterocycles. The number of halogens is 1. The molecule has 1 amide bonds. The predicted octanol–water partition coefficient (Wildman–Crippen LogP) is 3.45. The van der Waals surface area contributed by atoms with Gasteiger partial charge in [0, 0.05) is 12.6 Å². The molecule has 1 atom stereocenters. The first kappa shape index (κ1) is 17.0. The molecule has 1 aliphatic heterocycles. The maximum absolute atomic E-state index is 13.5. The number of amides is 1. The standard InChI is InChI=1S/C17H21FN4OS/c1-12(2)22-11-19-20-17(22)24-10-16(23)21-8-4-7-15(21)13-5-3-6-14(18)9-13/h3,5-6,9,11-12,15H,4,7-8,10H2,1-2H3. The summed E-state index contributed by atoms with van der Waals surface area (Å²) in [5.41, 5.74) is 0.871. The molecule has 0 radical (unpaired) electrons. The number of carbonyl (C=O) groups is 1. The summed E-state index contributed by atoms with van der Waals surface area (Å²) in [6.45, 7) is 4.82. The van der Waals surface area contributed by atoms with Crippen LogP contribution in [0.2, 0.25) is 0 Å². The van der Waals surface area contributed by atoms with Crippen molar-refractivity contribution in [3.8, 4) is 0 Å². The summed E-state index contributed by atoms with van der Waals surface area (Å²) in [5.74, 6) is 0.119. The third-order valence-electron chi connectivity index (χ3n) is 4.23. The van der Waals surface area contributed by atoms with E-state index in [2.05, 4.69) is 24.0 Å². The number of likely N-dealkylation sites (tertiary alicyclic amines) is 1. The topological polar surface area (TPSA) is 51.0 Å². The van der Waals surface area contributed by atoms with Crippen molar-refractivity contribution in [2.75, 3.05) is 12.3 Å². The van der Waals surface area contributed by atoms with E-state index in [-0.39, 0.29) is 23.8 Å². The second kappa shape index (κ2) is 7.34. The zero-order chi connectivity index (χ0) is 17.1. The lowest BCUT2D eigenvalue weighted by Gasteiger charge is -2.25. The van der Waals surface area contributed by atoms with Crippen LogP contribution in [0.1, 0.15) is 44.3 Å². The molecule has 5 nitrogen and oxygen atoms in total. The van der Waals surface area contributed by atoms with Crippen LogP contribution >= 0.6 is 11.8 Å². The Morgan fingerprint density at radius 2 is 2.29 bits per heavy atom. The van der Waals surface area contributed by atoms with Gasteiger partial charge < -0.3 is 9.47 Å². The van der Waals surface area contributed by atoms with E-state index in [1.165, 1.54) is 23.9 Å². The lowest BCUT2D eigenvalue weighted by molar-refractivity contribution is -0.129. The Kier molecular flexibility index (Phi) is 5.18. The maximum atomic E-state index is 13.5. The quantitative estimate of drug-likeness (QED) is 0.777. The molecule has 2 heterocycles. The van der Waals surface area contributed by atoms with Gasteiger partial charge in [0.2, 0.25) is 5.91 Å². The van der Waals surface area contributed by atoms with Crippen LogP contribution in [-0.4, -0.2) is 37.9 Å². The smallest absolute Gasteiger partial charge is 0.233 e. The summed E-state index contributed by atoms with van der Waals surface area (Å²) in [6.07, 6.45) is 3.50. The SMILES string of the molecule is CC(C)n1cnnc1SCC(=O)N1CCCC1c1cccc(F)c1. The first-order valence-electron chi connectivity index (χ1n) is 8.13. The molecule has 1 unspecified atom stereocenters. The number of rotatable bonds is 5. The third kappa shape index (κ3) is 3.61. The van der Waals surface area contributed by atoms with E-state index in [9.17, 15) is 9.18 Å². The summed E-state index contributed by atoms with van der Waals surface area (Å²) >= 11 is 1.40. The Balaban J connectivity index is 1.67. The van der Waals surface area contributed by atoms with E-state index in [1.807, 2.05) is 15.5 Å². The van der Waals surface area contributed by atoms with Gasteiger partial charge >= 0.3 is 0 Å². The van der Waals surface area contributed by atoms with Crippen LogP contribution in [0.5, 0.6) is 0 Å². The van der Waals surface area contributed by atoms with E-state index in [4.69, 9.17) is 0 Å². The van der Waals surface area contributed by atoms with Crippen molar-refractivity contribution in [2.45, 2.75) is 43.9 Å². The Bertz CT molecular complexity index is 718. The highest BCUT2D eigenvalue weighted by Gasteiger charge is 2.30. The zero-order valence-electron chi connectivity index (χ0n) is 13.9. The fourth-order valence-corrected chi connectivity index (χ4v) is 3.95. The number of carbonyl (C=O) groups excluding carboxylic acids is 1. The van der Waals surface area contributed by atoms with Crippen LogP contribution in [0, 0.1) is 5.82 Å². The molecule has 7 heteroatoms. The van der Waals surface area contributed by atoms with Crippen LogP contribution < -0.4 is 0 Å². The minimum absolute atomic E-state index is 0.0308. The largest absolute Gasteiger partial charge is 0.335 e. The molecular formula is C17H21FN4OS. The monoisotopic (exact) mass is 348 g/mol. The highest BCUT2D eigenvalue weighted by molar-refractivity contribution is 7.99. The molecule has 0 N–H and O–H groups in total. The van der Waals surface area contributed by atoms with E-state index in [0.29, 0.717) is 5.75 Å². The average molecular weight is 348 g/mol. The molecule has 1 saturated heterocycles. The molecule has 1 aliphatic rings. The zero-order valence-corrected chi connectivity index (χ0v) is 14.7. The van der Waals surface area contributed by atoms with E-state index in [0.717, 1.165) is 30.1 Å². The van der Waals surface area contributed by atoms with Gasteiger partial charge in [-0.3, -0.25) is 4.79 Å². The maximum Gasteiger partial charge on any atom is 0.233 e. The number of hydrogen-bond acceptors (Lipinski definition) is 4. The van der Waals surface area contributed by atoms with Gasteiger partial charge in [-0.2, -0.15) is 0 Å². The molecule has 0 bridgehead atoms. The van der Waals surface area contributed by atoms with Crippen LogP contribution in [0.15, 0.2) is 35.7 Å². The summed E-state index contributed by atoms with van der Waals surface area (Å²) in [5, 5.41) is 8.75. The van der Waals surface area contributed by atoms with Crippen LogP contribution in [0.3, 0.4) is 0 Å². The fraction of sp³-hybridized carbons (Fsp3) is 0.471. The van der Waals surface area contributed by atoms with Gasteiger partial charge in [-0.25, -0.2) is 4.39 Å². The van der Waals surface area contributed by atoms with Crippen molar-refractivity contribution in [3.05, 3.63) is 42.0 Å². The molecule has 0 saturated carbocycles. The number of aromatic nitrogens is 3. The molecule has 24 heavy (non-hydrogen) atoms. The van der Waals surface area contributed by atoms with Gasteiger partial charge in [0.1, 0.15) is 12.1 Å². The first-order valence-corrected chi connectivity index (χ1v) is 9.12. The fourth-order valence-electron chi connectivity index (χ4n) is 3.02. The van der Waals surface area contributed by atoms with Gasteiger partial charge in [-0.15, -0.1) is 10.2 Å². The second-order valence-corrected chi connectivity index (χ2v) is 7.15. The second-order valence-electron chi connectivity index (χ2n) is 6.20. The average Bonchev–Trinajstić information content (AvgIpc) is 3.21. The Morgan fingerprint density at radius 3 is 3.04 bits per heavy atom.